The molecule has 0 bridgehead atoms. The van der Waals surface area contributed by atoms with Crippen molar-refractivity contribution in [1.29, 1.82) is 0 Å². The molecule has 0 fully saturated rings. The summed E-state index contributed by atoms with van der Waals surface area (Å²) in [6.07, 6.45) is 2.40. The zero-order valence-electron chi connectivity index (χ0n) is 17.1. The first-order valence-corrected chi connectivity index (χ1v) is 10.8. The van der Waals surface area contributed by atoms with Crippen molar-refractivity contribution in [1.82, 2.24) is 10.7 Å². The molecule has 0 aliphatic carbocycles. The van der Waals surface area contributed by atoms with Gasteiger partial charge in [0.1, 0.15) is 11.8 Å². The number of hydrogen-bond donors (Lipinski definition) is 2. The van der Waals surface area contributed by atoms with Crippen LogP contribution in [0.3, 0.4) is 0 Å². The zero-order chi connectivity index (χ0) is 22.1. The van der Waals surface area contributed by atoms with E-state index in [2.05, 4.69) is 31.8 Å². The number of carbonyl (C=O) groups is 2. The van der Waals surface area contributed by atoms with Crippen LogP contribution < -0.4 is 15.5 Å². The van der Waals surface area contributed by atoms with Crippen LogP contribution in [0.15, 0.2) is 52.0 Å². The van der Waals surface area contributed by atoms with Gasteiger partial charge in [-0.2, -0.15) is 5.10 Å². The zero-order valence-corrected chi connectivity index (χ0v) is 19.5. The molecule has 0 radical (unpaired) electrons. The second-order valence-electron chi connectivity index (χ2n) is 6.97. The molecule has 2 rings (SSSR count). The topological polar surface area (TPSA) is 79.8 Å². The molecule has 2 amide bonds. The number of hydrazone groups is 1. The highest BCUT2D eigenvalue weighted by Crippen LogP contribution is 2.22. The lowest BCUT2D eigenvalue weighted by molar-refractivity contribution is -0.123. The van der Waals surface area contributed by atoms with Crippen molar-refractivity contribution in [3.63, 3.8) is 0 Å². The molecular weight excluding hydrogens is 470 g/mol. The molecule has 0 aliphatic heterocycles. The standard InChI is InChI=1S/C22H25BrClN3O3/c1-4-11-30-19-10-7-17(23)12-16(19)13-25-27-22(29)20(14(2)3)26-21(28)15-5-8-18(24)9-6-15/h5-10,12-14,20H,4,11H2,1-3H3,(H,26,28)(H,27,29)/b25-13-. The number of carbonyl (C=O) groups excluding carboxylic acids is 2. The van der Waals surface area contributed by atoms with Gasteiger partial charge in [-0.15, -0.1) is 0 Å². The molecule has 0 spiro atoms. The van der Waals surface area contributed by atoms with E-state index in [-0.39, 0.29) is 11.8 Å². The highest BCUT2D eigenvalue weighted by Gasteiger charge is 2.24. The lowest BCUT2D eigenvalue weighted by Gasteiger charge is -2.20. The van der Waals surface area contributed by atoms with Gasteiger partial charge < -0.3 is 10.1 Å². The Labute approximate surface area is 190 Å². The van der Waals surface area contributed by atoms with Crippen molar-refractivity contribution in [2.24, 2.45) is 11.0 Å². The van der Waals surface area contributed by atoms with E-state index in [9.17, 15) is 9.59 Å². The summed E-state index contributed by atoms with van der Waals surface area (Å²) in [7, 11) is 0. The summed E-state index contributed by atoms with van der Waals surface area (Å²) in [4.78, 5) is 25.1. The SMILES string of the molecule is CCCOc1ccc(Br)cc1/C=N\NC(=O)C(NC(=O)c1ccc(Cl)cc1)C(C)C. The molecule has 160 valence electrons. The number of nitrogens with zero attached hydrogens (tertiary/aromatic N) is 1. The maximum absolute atomic E-state index is 12.6. The van der Waals surface area contributed by atoms with Crippen LogP contribution in [-0.2, 0) is 4.79 Å². The van der Waals surface area contributed by atoms with Crippen LogP contribution in [0.2, 0.25) is 5.02 Å². The van der Waals surface area contributed by atoms with Gasteiger partial charge in [0, 0.05) is 20.6 Å². The van der Waals surface area contributed by atoms with Crippen LogP contribution in [-0.4, -0.2) is 30.7 Å². The molecule has 0 aromatic heterocycles. The number of benzene rings is 2. The summed E-state index contributed by atoms with van der Waals surface area (Å²) in [5, 5.41) is 7.34. The second kappa shape index (κ2) is 11.7. The van der Waals surface area contributed by atoms with Crippen molar-refractivity contribution in [3.05, 3.63) is 63.1 Å². The smallest absolute Gasteiger partial charge is 0.262 e. The molecule has 0 saturated carbocycles. The first kappa shape index (κ1) is 23.9. The van der Waals surface area contributed by atoms with Crippen LogP contribution in [0, 0.1) is 5.92 Å². The molecule has 0 aliphatic rings. The largest absolute Gasteiger partial charge is 0.493 e. The number of rotatable bonds is 9. The average molecular weight is 495 g/mol. The van der Waals surface area contributed by atoms with E-state index >= 15 is 0 Å². The second-order valence-corrected chi connectivity index (χ2v) is 8.32. The highest BCUT2D eigenvalue weighted by atomic mass is 79.9. The summed E-state index contributed by atoms with van der Waals surface area (Å²) < 4.78 is 6.57. The Bertz CT molecular complexity index is 901. The van der Waals surface area contributed by atoms with E-state index in [1.807, 2.05) is 39.0 Å². The third kappa shape index (κ3) is 7.15. The molecule has 8 heteroatoms. The molecule has 2 aromatic rings. The molecule has 6 nitrogen and oxygen atoms in total. The Kier molecular flexibility index (Phi) is 9.33. The van der Waals surface area contributed by atoms with Crippen LogP contribution in [0.25, 0.3) is 0 Å². The Morgan fingerprint density at radius 2 is 1.90 bits per heavy atom. The van der Waals surface area contributed by atoms with E-state index in [1.54, 1.807) is 24.3 Å². The summed E-state index contributed by atoms with van der Waals surface area (Å²) in [6.45, 7) is 6.31. The number of halogens is 2. The quantitative estimate of drug-likeness (QED) is 0.388. The van der Waals surface area contributed by atoms with E-state index in [1.165, 1.54) is 6.21 Å². The minimum atomic E-state index is -0.747. The monoisotopic (exact) mass is 493 g/mol. The Morgan fingerprint density at radius 1 is 1.20 bits per heavy atom. The molecule has 0 heterocycles. The minimum absolute atomic E-state index is 0.134. The summed E-state index contributed by atoms with van der Waals surface area (Å²) in [5.41, 5.74) is 3.66. The lowest BCUT2D eigenvalue weighted by Crippen LogP contribution is -2.48. The van der Waals surface area contributed by atoms with Crippen LogP contribution in [0.5, 0.6) is 5.75 Å². The van der Waals surface area contributed by atoms with E-state index in [0.29, 0.717) is 22.9 Å². The van der Waals surface area contributed by atoms with Crippen LogP contribution in [0.4, 0.5) is 0 Å². The first-order chi connectivity index (χ1) is 14.3. The maximum atomic E-state index is 12.6. The molecule has 1 atom stereocenters. The number of ether oxygens (including phenoxy) is 1. The van der Waals surface area contributed by atoms with Gasteiger partial charge in [0.25, 0.3) is 11.8 Å². The van der Waals surface area contributed by atoms with Gasteiger partial charge in [0.15, 0.2) is 0 Å². The predicted octanol–water partition coefficient (Wildman–Crippen LogP) is 4.80. The van der Waals surface area contributed by atoms with Gasteiger partial charge in [0.2, 0.25) is 0 Å². The first-order valence-electron chi connectivity index (χ1n) is 9.63. The van der Waals surface area contributed by atoms with Crippen molar-refractivity contribution >= 4 is 45.6 Å². The number of hydrogen-bond acceptors (Lipinski definition) is 4. The van der Waals surface area contributed by atoms with Crippen LogP contribution >= 0.6 is 27.5 Å². The summed E-state index contributed by atoms with van der Waals surface area (Å²) in [6, 6.07) is 11.3. The van der Waals surface area contributed by atoms with Gasteiger partial charge in [-0.05, 0) is 54.8 Å². The lowest BCUT2D eigenvalue weighted by atomic mass is 10.0. The Hall–Kier alpha value is -2.38. The summed E-state index contributed by atoms with van der Waals surface area (Å²) >= 11 is 9.28. The van der Waals surface area contributed by atoms with Crippen LogP contribution in [0.1, 0.15) is 43.1 Å². The van der Waals surface area contributed by atoms with Gasteiger partial charge in [0.05, 0.1) is 12.8 Å². The van der Waals surface area contributed by atoms with Crippen molar-refractivity contribution in [2.75, 3.05) is 6.61 Å². The molecule has 2 N–H and O–H groups in total. The fourth-order valence-electron chi connectivity index (χ4n) is 2.56. The minimum Gasteiger partial charge on any atom is -0.493 e. The highest BCUT2D eigenvalue weighted by molar-refractivity contribution is 9.10. The fourth-order valence-corrected chi connectivity index (χ4v) is 3.06. The normalized spacial score (nSPS) is 12.1. The summed E-state index contributed by atoms with van der Waals surface area (Å²) in [5.74, 6) is -0.221. The molecule has 30 heavy (non-hydrogen) atoms. The maximum Gasteiger partial charge on any atom is 0.262 e. The fraction of sp³-hybridized carbons (Fsp3) is 0.318. The van der Waals surface area contributed by atoms with Gasteiger partial charge in [-0.1, -0.05) is 48.3 Å². The molecular formula is C22H25BrClN3O3. The van der Waals surface area contributed by atoms with E-state index in [0.717, 1.165) is 16.5 Å². The van der Waals surface area contributed by atoms with Crippen molar-refractivity contribution < 1.29 is 14.3 Å². The predicted molar refractivity (Wildman–Crippen MR) is 123 cm³/mol. The number of nitrogens with one attached hydrogen (secondary N) is 2. The Balaban J connectivity index is 2.06. The molecule has 1 unspecified atom stereocenters. The van der Waals surface area contributed by atoms with Gasteiger partial charge in [-0.3, -0.25) is 9.59 Å². The molecule has 0 saturated heterocycles. The van der Waals surface area contributed by atoms with Crippen molar-refractivity contribution in [2.45, 2.75) is 33.2 Å². The average Bonchev–Trinajstić information content (AvgIpc) is 2.71. The third-order valence-corrected chi connectivity index (χ3v) is 4.90. The third-order valence-electron chi connectivity index (χ3n) is 4.15. The van der Waals surface area contributed by atoms with Gasteiger partial charge in [-0.25, -0.2) is 5.43 Å². The molecule has 2 aromatic carbocycles. The van der Waals surface area contributed by atoms with Gasteiger partial charge >= 0.3 is 0 Å². The number of amides is 2. The van der Waals surface area contributed by atoms with Crippen molar-refractivity contribution in [3.8, 4) is 5.75 Å². The van der Waals surface area contributed by atoms with E-state index < -0.39 is 11.9 Å². The Morgan fingerprint density at radius 3 is 2.53 bits per heavy atom. The van der Waals surface area contributed by atoms with E-state index in [4.69, 9.17) is 16.3 Å².